The van der Waals surface area contributed by atoms with Gasteiger partial charge in [-0.05, 0) is 12.1 Å². The fourth-order valence-electron chi connectivity index (χ4n) is 2.00. The molecule has 0 spiro atoms. The van der Waals surface area contributed by atoms with Crippen molar-refractivity contribution in [2.45, 2.75) is 11.3 Å². The molecule has 18 heavy (non-hydrogen) atoms. The minimum Gasteiger partial charge on any atom is -0.454 e. The van der Waals surface area contributed by atoms with E-state index in [4.69, 9.17) is 9.47 Å². The standard InChI is InChI=1S/C11H11NO5S/c13-8-3-4-12(6-8)18(14,15)9-1-2-10-11(5-9)17-7-16-10/h1-2,5H,3-4,6-7H2. The van der Waals surface area contributed by atoms with Crippen LogP contribution in [0.4, 0.5) is 0 Å². The second kappa shape index (κ2) is 3.96. The van der Waals surface area contributed by atoms with E-state index in [1.54, 1.807) is 6.07 Å². The van der Waals surface area contributed by atoms with Gasteiger partial charge in [-0.2, -0.15) is 4.31 Å². The van der Waals surface area contributed by atoms with Gasteiger partial charge >= 0.3 is 0 Å². The number of nitrogens with zero attached hydrogens (tertiary/aromatic N) is 1. The molecule has 2 aliphatic heterocycles. The summed E-state index contributed by atoms with van der Waals surface area (Å²) in [5.41, 5.74) is 0. The summed E-state index contributed by atoms with van der Waals surface area (Å²) in [5, 5.41) is 0. The zero-order valence-corrected chi connectivity index (χ0v) is 10.3. The number of benzene rings is 1. The molecule has 0 unspecified atom stereocenters. The molecule has 3 rings (SSSR count). The van der Waals surface area contributed by atoms with Crippen LogP contribution in [0.25, 0.3) is 0 Å². The third kappa shape index (κ3) is 1.75. The SMILES string of the molecule is O=C1CCN(S(=O)(=O)c2ccc3c(c2)OCO3)C1. The Hall–Kier alpha value is -1.60. The van der Waals surface area contributed by atoms with Crippen LogP contribution in [-0.2, 0) is 14.8 Å². The minimum absolute atomic E-state index is 0.0449. The molecule has 1 fully saturated rings. The average molecular weight is 269 g/mol. The maximum Gasteiger partial charge on any atom is 0.243 e. The molecule has 1 aromatic carbocycles. The van der Waals surface area contributed by atoms with Crippen molar-refractivity contribution >= 4 is 15.8 Å². The van der Waals surface area contributed by atoms with Gasteiger partial charge in [0.15, 0.2) is 11.5 Å². The molecular formula is C11H11NO5S. The molecule has 0 amide bonds. The van der Waals surface area contributed by atoms with Crippen LogP contribution in [-0.4, -0.2) is 38.4 Å². The first-order valence-electron chi connectivity index (χ1n) is 5.49. The highest BCUT2D eigenvalue weighted by molar-refractivity contribution is 7.89. The Morgan fingerprint density at radius 2 is 1.94 bits per heavy atom. The van der Waals surface area contributed by atoms with Gasteiger partial charge in [0.05, 0.1) is 11.4 Å². The molecule has 0 radical (unpaired) electrons. The normalized spacial score (nSPS) is 19.4. The van der Waals surface area contributed by atoms with Gasteiger partial charge in [0.1, 0.15) is 5.78 Å². The Bertz CT molecular complexity index is 610. The number of fused-ring (bicyclic) bond motifs is 1. The van der Waals surface area contributed by atoms with Crippen molar-refractivity contribution in [3.8, 4) is 11.5 Å². The second-order valence-electron chi connectivity index (χ2n) is 4.14. The van der Waals surface area contributed by atoms with E-state index in [1.165, 1.54) is 16.4 Å². The van der Waals surface area contributed by atoms with Crippen LogP contribution >= 0.6 is 0 Å². The van der Waals surface area contributed by atoms with E-state index in [1.807, 2.05) is 0 Å². The zero-order valence-electron chi connectivity index (χ0n) is 9.46. The van der Waals surface area contributed by atoms with Gasteiger partial charge in [-0.25, -0.2) is 8.42 Å². The third-order valence-electron chi connectivity index (χ3n) is 2.97. The zero-order chi connectivity index (χ0) is 12.8. The van der Waals surface area contributed by atoms with E-state index in [0.29, 0.717) is 11.5 Å². The van der Waals surface area contributed by atoms with Crippen LogP contribution in [0.1, 0.15) is 6.42 Å². The topological polar surface area (TPSA) is 72.9 Å². The molecule has 1 saturated heterocycles. The van der Waals surface area contributed by atoms with Crippen LogP contribution in [0.3, 0.4) is 0 Å². The van der Waals surface area contributed by atoms with Gasteiger partial charge in [0.25, 0.3) is 0 Å². The van der Waals surface area contributed by atoms with E-state index in [0.717, 1.165) is 0 Å². The molecule has 96 valence electrons. The molecule has 0 saturated carbocycles. The smallest absolute Gasteiger partial charge is 0.243 e. The second-order valence-corrected chi connectivity index (χ2v) is 6.08. The van der Waals surface area contributed by atoms with E-state index < -0.39 is 10.0 Å². The predicted octanol–water partition coefficient (Wildman–Crippen LogP) is 0.379. The maximum atomic E-state index is 12.3. The Kier molecular flexibility index (Phi) is 2.53. The average Bonchev–Trinajstić information content (AvgIpc) is 2.96. The van der Waals surface area contributed by atoms with E-state index >= 15 is 0 Å². The van der Waals surface area contributed by atoms with Gasteiger partial charge in [0.2, 0.25) is 16.8 Å². The number of ketones is 1. The molecule has 0 N–H and O–H groups in total. The molecule has 0 atom stereocenters. The molecule has 0 bridgehead atoms. The number of rotatable bonds is 2. The summed E-state index contributed by atoms with van der Waals surface area (Å²) in [6.07, 6.45) is 0.282. The molecule has 0 aliphatic carbocycles. The number of carbonyl (C=O) groups excluding carboxylic acids is 1. The van der Waals surface area contributed by atoms with Crippen LogP contribution < -0.4 is 9.47 Å². The lowest BCUT2D eigenvalue weighted by Gasteiger charge is -2.14. The fraction of sp³-hybridized carbons (Fsp3) is 0.364. The summed E-state index contributed by atoms with van der Waals surface area (Å²) in [5.74, 6) is 0.896. The van der Waals surface area contributed by atoms with Gasteiger partial charge < -0.3 is 9.47 Å². The van der Waals surface area contributed by atoms with E-state index in [2.05, 4.69) is 0 Å². The first kappa shape index (κ1) is 11.5. The van der Waals surface area contributed by atoms with Crippen LogP contribution in [0, 0.1) is 0 Å². The number of ether oxygens (including phenoxy) is 2. The molecule has 7 heteroatoms. The lowest BCUT2D eigenvalue weighted by atomic mass is 10.3. The number of hydrogen-bond donors (Lipinski definition) is 0. The van der Waals surface area contributed by atoms with E-state index in [-0.39, 0.29) is 37.0 Å². The quantitative estimate of drug-likeness (QED) is 0.776. The fourth-order valence-corrected chi connectivity index (χ4v) is 3.44. The molecule has 2 aliphatic rings. The lowest BCUT2D eigenvalue weighted by Crippen LogP contribution is -2.28. The summed E-state index contributed by atoms with van der Waals surface area (Å²) in [7, 11) is -3.62. The summed E-state index contributed by atoms with van der Waals surface area (Å²) in [6.45, 7) is 0.299. The molecular weight excluding hydrogens is 258 g/mol. The monoisotopic (exact) mass is 269 g/mol. The molecule has 0 aromatic heterocycles. The number of hydrogen-bond acceptors (Lipinski definition) is 5. The van der Waals surface area contributed by atoms with Gasteiger partial charge in [-0.15, -0.1) is 0 Å². The first-order valence-corrected chi connectivity index (χ1v) is 6.93. The van der Waals surface area contributed by atoms with Crippen molar-refractivity contribution in [2.75, 3.05) is 19.9 Å². The molecule has 6 nitrogen and oxygen atoms in total. The Morgan fingerprint density at radius 1 is 1.17 bits per heavy atom. The third-order valence-corrected chi connectivity index (χ3v) is 4.82. The molecule has 1 aromatic rings. The van der Waals surface area contributed by atoms with Gasteiger partial charge in [-0.1, -0.05) is 0 Å². The highest BCUT2D eigenvalue weighted by Gasteiger charge is 2.32. The largest absolute Gasteiger partial charge is 0.454 e. The Labute approximate surface area is 104 Å². The van der Waals surface area contributed by atoms with Crippen molar-refractivity contribution in [2.24, 2.45) is 0 Å². The van der Waals surface area contributed by atoms with Gasteiger partial charge in [-0.3, -0.25) is 4.79 Å². The number of carbonyl (C=O) groups is 1. The van der Waals surface area contributed by atoms with Crippen molar-refractivity contribution < 1.29 is 22.7 Å². The lowest BCUT2D eigenvalue weighted by molar-refractivity contribution is -0.116. The van der Waals surface area contributed by atoms with Crippen molar-refractivity contribution in [3.05, 3.63) is 18.2 Å². The summed E-state index contributed by atoms with van der Waals surface area (Å²) < 4.78 is 36.0. The van der Waals surface area contributed by atoms with E-state index in [9.17, 15) is 13.2 Å². The van der Waals surface area contributed by atoms with Crippen molar-refractivity contribution in [3.63, 3.8) is 0 Å². The Morgan fingerprint density at radius 3 is 2.67 bits per heavy atom. The van der Waals surface area contributed by atoms with Crippen molar-refractivity contribution in [1.82, 2.24) is 4.31 Å². The Balaban J connectivity index is 1.96. The van der Waals surface area contributed by atoms with Crippen molar-refractivity contribution in [1.29, 1.82) is 0 Å². The summed E-state index contributed by atoms with van der Waals surface area (Å²) in [4.78, 5) is 11.3. The van der Waals surface area contributed by atoms with Crippen LogP contribution in [0.5, 0.6) is 11.5 Å². The van der Waals surface area contributed by atoms with Crippen LogP contribution in [0.2, 0.25) is 0 Å². The van der Waals surface area contributed by atoms with Gasteiger partial charge in [0, 0.05) is 19.0 Å². The summed E-state index contributed by atoms with van der Waals surface area (Å²) >= 11 is 0. The number of Topliss-reactive ketones (excluding diaryl/α,β-unsaturated/α-hetero) is 1. The summed E-state index contributed by atoms with van der Waals surface area (Å²) in [6, 6.07) is 4.46. The maximum absolute atomic E-state index is 12.3. The van der Waals surface area contributed by atoms with Crippen LogP contribution in [0.15, 0.2) is 23.1 Å². The highest BCUT2D eigenvalue weighted by Crippen LogP contribution is 2.34. The minimum atomic E-state index is -3.62. The highest BCUT2D eigenvalue weighted by atomic mass is 32.2. The predicted molar refractivity (Wildman–Crippen MR) is 60.9 cm³/mol. The first-order chi connectivity index (χ1) is 8.57. The molecule has 2 heterocycles. The number of sulfonamides is 1.